The molecule has 1 heterocycles. The zero-order valence-corrected chi connectivity index (χ0v) is 16.0. The molecule has 1 aromatic rings. The lowest BCUT2D eigenvalue weighted by Crippen LogP contribution is -2.29. The Morgan fingerprint density at radius 3 is 2.67 bits per heavy atom. The fourth-order valence-electron chi connectivity index (χ4n) is 2.27. The van der Waals surface area contributed by atoms with Crippen molar-refractivity contribution in [1.29, 1.82) is 0 Å². The van der Waals surface area contributed by atoms with Gasteiger partial charge in [-0.1, -0.05) is 24.0 Å². The molecule has 0 spiro atoms. The number of carboxylic acid groups (broad SMARTS) is 2. The molecule has 0 bridgehead atoms. The van der Waals surface area contributed by atoms with Crippen molar-refractivity contribution in [3.63, 3.8) is 0 Å². The van der Waals surface area contributed by atoms with Crippen LogP contribution in [0.15, 0.2) is 23.1 Å². The normalized spacial score (nSPS) is 15.3. The first kappa shape index (κ1) is 20.7. The summed E-state index contributed by atoms with van der Waals surface area (Å²) in [4.78, 5) is 35.5. The molecule has 27 heavy (non-hydrogen) atoms. The van der Waals surface area contributed by atoms with Crippen LogP contribution in [0.3, 0.4) is 0 Å². The molecular formula is C17H17NO7S2. The van der Waals surface area contributed by atoms with Gasteiger partial charge in [-0.15, -0.1) is 0 Å². The van der Waals surface area contributed by atoms with E-state index >= 15 is 0 Å². The highest BCUT2D eigenvalue weighted by Gasteiger charge is 2.31. The standard InChI is InChI=1S/C17H17NO7S2/c1-24-12-8-11(25-9-15(21)22)5-4-10(12)7-13-16(23)18(17(26)27-13)6-2-3-14(19)20/h4-5,7-8H,2-3,6,9H2,1H3,(H,19,20)(H,21,22)/b13-7-. The molecule has 1 amide bonds. The van der Waals surface area contributed by atoms with Crippen molar-refractivity contribution in [3.05, 3.63) is 28.7 Å². The lowest BCUT2D eigenvalue weighted by atomic mass is 10.1. The fourth-order valence-corrected chi connectivity index (χ4v) is 3.57. The molecule has 0 atom stereocenters. The number of ether oxygens (including phenoxy) is 2. The van der Waals surface area contributed by atoms with Crippen LogP contribution in [0.2, 0.25) is 0 Å². The van der Waals surface area contributed by atoms with Crippen molar-refractivity contribution >= 4 is 52.2 Å². The largest absolute Gasteiger partial charge is 0.496 e. The number of thioether (sulfide) groups is 1. The maximum Gasteiger partial charge on any atom is 0.341 e. The van der Waals surface area contributed by atoms with Crippen molar-refractivity contribution in [2.24, 2.45) is 0 Å². The summed E-state index contributed by atoms with van der Waals surface area (Å²) in [5, 5.41) is 17.4. The van der Waals surface area contributed by atoms with Crippen molar-refractivity contribution in [1.82, 2.24) is 4.90 Å². The van der Waals surface area contributed by atoms with E-state index in [2.05, 4.69) is 0 Å². The quantitative estimate of drug-likeness (QED) is 0.466. The molecule has 1 saturated heterocycles. The second kappa shape index (κ2) is 9.38. The van der Waals surface area contributed by atoms with Gasteiger partial charge in [0.2, 0.25) is 0 Å². The van der Waals surface area contributed by atoms with Gasteiger partial charge in [0.25, 0.3) is 5.91 Å². The van der Waals surface area contributed by atoms with E-state index in [1.807, 2.05) is 0 Å². The monoisotopic (exact) mass is 411 g/mol. The van der Waals surface area contributed by atoms with Gasteiger partial charge in [-0.25, -0.2) is 4.79 Å². The van der Waals surface area contributed by atoms with Crippen molar-refractivity contribution in [3.8, 4) is 11.5 Å². The third kappa shape index (κ3) is 5.69. The minimum atomic E-state index is -1.09. The van der Waals surface area contributed by atoms with Gasteiger partial charge in [0.05, 0.1) is 12.0 Å². The average Bonchev–Trinajstić information content (AvgIpc) is 2.87. The number of hydrogen-bond acceptors (Lipinski definition) is 7. The van der Waals surface area contributed by atoms with Crippen LogP contribution in [0, 0.1) is 0 Å². The van der Waals surface area contributed by atoms with Gasteiger partial charge in [-0.3, -0.25) is 14.5 Å². The fraction of sp³-hybridized carbons (Fsp3) is 0.294. The molecule has 1 aliphatic heterocycles. The lowest BCUT2D eigenvalue weighted by Gasteiger charge is -2.13. The first-order valence-electron chi connectivity index (χ1n) is 7.81. The maximum atomic E-state index is 12.5. The number of benzene rings is 1. The van der Waals surface area contributed by atoms with E-state index in [9.17, 15) is 14.4 Å². The SMILES string of the molecule is COc1cc(OCC(=O)O)ccc1/C=C1\SC(=S)N(CCCC(=O)O)C1=O. The van der Waals surface area contributed by atoms with Gasteiger partial charge in [0.15, 0.2) is 6.61 Å². The first-order valence-corrected chi connectivity index (χ1v) is 9.04. The Morgan fingerprint density at radius 2 is 2.04 bits per heavy atom. The Balaban J connectivity index is 2.15. The Kier molecular flexibility index (Phi) is 7.19. The Bertz CT molecular complexity index is 806. The number of carbonyl (C=O) groups is 3. The summed E-state index contributed by atoms with van der Waals surface area (Å²) in [6, 6.07) is 4.75. The number of carbonyl (C=O) groups excluding carboxylic acids is 1. The number of rotatable bonds is 9. The smallest absolute Gasteiger partial charge is 0.341 e. The number of nitrogens with zero attached hydrogens (tertiary/aromatic N) is 1. The van der Waals surface area contributed by atoms with Gasteiger partial charge < -0.3 is 19.7 Å². The summed E-state index contributed by atoms with van der Waals surface area (Å²) in [5.41, 5.74) is 0.603. The zero-order chi connectivity index (χ0) is 20.0. The third-order valence-electron chi connectivity index (χ3n) is 3.50. The van der Waals surface area contributed by atoms with E-state index in [0.29, 0.717) is 32.7 Å². The van der Waals surface area contributed by atoms with Crippen molar-refractivity contribution < 1.29 is 34.1 Å². The predicted octanol–water partition coefficient (Wildman–Crippen LogP) is 2.22. The highest BCUT2D eigenvalue weighted by atomic mass is 32.2. The molecule has 2 N–H and O–H groups in total. The number of amides is 1. The molecule has 0 unspecified atom stereocenters. The molecule has 2 rings (SSSR count). The lowest BCUT2D eigenvalue weighted by molar-refractivity contribution is -0.139. The van der Waals surface area contributed by atoms with E-state index in [4.69, 9.17) is 31.9 Å². The molecule has 0 aliphatic carbocycles. The maximum absolute atomic E-state index is 12.5. The molecule has 1 aliphatic rings. The summed E-state index contributed by atoms with van der Waals surface area (Å²) in [5.74, 6) is -1.57. The number of carboxylic acids is 2. The number of methoxy groups -OCH3 is 1. The van der Waals surface area contributed by atoms with E-state index in [0.717, 1.165) is 11.8 Å². The molecule has 10 heteroatoms. The van der Waals surface area contributed by atoms with Gasteiger partial charge in [-0.2, -0.15) is 0 Å². The van der Waals surface area contributed by atoms with E-state index in [-0.39, 0.29) is 18.9 Å². The number of hydrogen-bond donors (Lipinski definition) is 2. The third-order valence-corrected chi connectivity index (χ3v) is 4.88. The second-order valence-corrected chi connectivity index (χ2v) is 7.09. The molecule has 0 saturated carbocycles. The predicted molar refractivity (Wildman–Crippen MR) is 103 cm³/mol. The van der Waals surface area contributed by atoms with Gasteiger partial charge in [0, 0.05) is 24.6 Å². The van der Waals surface area contributed by atoms with Crippen LogP contribution in [0.1, 0.15) is 18.4 Å². The zero-order valence-electron chi connectivity index (χ0n) is 14.3. The van der Waals surface area contributed by atoms with Crippen LogP contribution in [-0.2, 0) is 14.4 Å². The molecular weight excluding hydrogens is 394 g/mol. The van der Waals surface area contributed by atoms with E-state index < -0.39 is 18.5 Å². The Hall–Kier alpha value is -2.59. The van der Waals surface area contributed by atoms with Crippen LogP contribution < -0.4 is 9.47 Å². The number of aliphatic carboxylic acids is 2. The molecule has 8 nitrogen and oxygen atoms in total. The highest BCUT2D eigenvalue weighted by molar-refractivity contribution is 8.26. The van der Waals surface area contributed by atoms with Crippen LogP contribution in [0.25, 0.3) is 6.08 Å². The van der Waals surface area contributed by atoms with E-state index in [1.165, 1.54) is 18.1 Å². The molecule has 144 valence electrons. The minimum Gasteiger partial charge on any atom is -0.496 e. The highest BCUT2D eigenvalue weighted by Crippen LogP contribution is 2.35. The van der Waals surface area contributed by atoms with Gasteiger partial charge in [0.1, 0.15) is 15.8 Å². The number of thiocarbonyl (C=S) groups is 1. The van der Waals surface area contributed by atoms with Crippen LogP contribution in [-0.4, -0.2) is 57.5 Å². The topological polar surface area (TPSA) is 113 Å². The molecule has 1 fully saturated rings. The first-order chi connectivity index (χ1) is 12.8. The second-order valence-electron chi connectivity index (χ2n) is 5.42. The average molecular weight is 411 g/mol. The van der Waals surface area contributed by atoms with Gasteiger partial charge in [-0.05, 0) is 24.6 Å². The Labute approximate surface area is 164 Å². The van der Waals surface area contributed by atoms with Crippen LogP contribution in [0.4, 0.5) is 0 Å². The molecule has 0 radical (unpaired) electrons. The molecule has 0 aromatic heterocycles. The summed E-state index contributed by atoms with van der Waals surface area (Å²) < 4.78 is 10.8. The molecule has 1 aromatic carbocycles. The van der Waals surface area contributed by atoms with Crippen molar-refractivity contribution in [2.75, 3.05) is 20.3 Å². The van der Waals surface area contributed by atoms with Crippen LogP contribution >= 0.6 is 24.0 Å². The minimum absolute atomic E-state index is 0.0399. The summed E-state index contributed by atoms with van der Waals surface area (Å²) in [6.45, 7) is -0.231. The van der Waals surface area contributed by atoms with E-state index in [1.54, 1.807) is 18.2 Å². The summed E-state index contributed by atoms with van der Waals surface area (Å²) >= 11 is 6.33. The summed E-state index contributed by atoms with van der Waals surface area (Å²) in [7, 11) is 1.45. The van der Waals surface area contributed by atoms with Crippen molar-refractivity contribution in [2.45, 2.75) is 12.8 Å². The Morgan fingerprint density at radius 1 is 1.30 bits per heavy atom. The van der Waals surface area contributed by atoms with Gasteiger partial charge >= 0.3 is 11.9 Å². The summed E-state index contributed by atoms with van der Waals surface area (Å²) in [6.07, 6.45) is 1.89. The van der Waals surface area contributed by atoms with Crippen LogP contribution in [0.5, 0.6) is 11.5 Å².